The highest BCUT2D eigenvalue weighted by Crippen LogP contribution is 2.48. The van der Waals surface area contributed by atoms with Crippen molar-refractivity contribution >= 4 is 5.91 Å². The number of hydrogen-bond acceptors (Lipinski definition) is 2. The van der Waals surface area contributed by atoms with Crippen molar-refractivity contribution < 1.29 is 13.9 Å². The van der Waals surface area contributed by atoms with Gasteiger partial charge in [-0.05, 0) is 62.9 Å². The fourth-order valence-electron chi connectivity index (χ4n) is 3.19. The van der Waals surface area contributed by atoms with Gasteiger partial charge in [0.25, 0.3) is 0 Å². The number of amides is 1. The number of aryl methyl sites for hydroxylation is 2. The van der Waals surface area contributed by atoms with E-state index in [1.165, 1.54) is 23.3 Å². The zero-order valence-electron chi connectivity index (χ0n) is 14.8. The van der Waals surface area contributed by atoms with Crippen molar-refractivity contribution in [2.75, 3.05) is 13.2 Å². The van der Waals surface area contributed by atoms with E-state index in [1.807, 2.05) is 0 Å². The first-order valence-electron chi connectivity index (χ1n) is 8.75. The van der Waals surface area contributed by atoms with Crippen LogP contribution in [0.1, 0.15) is 36.0 Å². The monoisotopic (exact) mass is 341 g/mol. The average molecular weight is 341 g/mol. The molecule has 132 valence electrons. The Labute approximate surface area is 148 Å². The van der Waals surface area contributed by atoms with Crippen molar-refractivity contribution in [3.05, 3.63) is 65.0 Å². The average Bonchev–Trinajstić information content (AvgIpc) is 3.37. The maximum absolute atomic E-state index is 12.8. The number of ether oxygens (including phenoxy) is 1. The van der Waals surface area contributed by atoms with Crippen molar-refractivity contribution in [3.63, 3.8) is 0 Å². The molecule has 0 radical (unpaired) electrons. The Balaban J connectivity index is 1.47. The van der Waals surface area contributed by atoms with E-state index in [4.69, 9.17) is 4.74 Å². The molecule has 0 unspecified atom stereocenters. The molecule has 1 N–H and O–H groups in total. The van der Waals surface area contributed by atoms with Crippen molar-refractivity contribution in [1.82, 2.24) is 5.32 Å². The molecule has 0 atom stereocenters. The fraction of sp³-hybridized carbons (Fsp3) is 0.381. The second kappa shape index (κ2) is 7.26. The van der Waals surface area contributed by atoms with Crippen LogP contribution in [0.5, 0.6) is 5.75 Å². The molecule has 0 bridgehead atoms. The fourth-order valence-corrected chi connectivity index (χ4v) is 3.19. The van der Waals surface area contributed by atoms with E-state index in [9.17, 15) is 9.18 Å². The molecule has 0 aromatic heterocycles. The van der Waals surface area contributed by atoms with Crippen molar-refractivity contribution in [1.29, 1.82) is 0 Å². The van der Waals surface area contributed by atoms with Crippen LogP contribution in [-0.2, 0) is 10.2 Å². The van der Waals surface area contributed by atoms with Crippen LogP contribution in [-0.4, -0.2) is 19.1 Å². The van der Waals surface area contributed by atoms with Gasteiger partial charge in [0.1, 0.15) is 11.6 Å². The largest absolute Gasteiger partial charge is 0.494 e. The lowest BCUT2D eigenvalue weighted by atomic mass is 9.92. The molecule has 2 aromatic rings. The second-order valence-corrected chi connectivity index (χ2v) is 6.87. The van der Waals surface area contributed by atoms with Crippen molar-refractivity contribution in [3.8, 4) is 5.75 Å². The summed E-state index contributed by atoms with van der Waals surface area (Å²) in [5.74, 6) is 0.474. The molecule has 1 saturated carbocycles. The Kier molecular flexibility index (Phi) is 5.07. The molecule has 1 aliphatic rings. The summed E-state index contributed by atoms with van der Waals surface area (Å²) in [6.45, 7) is 5.20. The normalized spacial score (nSPS) is 14.8. The summed E-state index contributed by atoms with van der Waals surface area (Å²) >= 11 is 0. The van der Waals surface area contributed by atoms with Crippen molar-refractivity contribution in [2.24, 2.45) is 0 Å². The standard InChI is InChI=1S/C21H24FNO2/c1-15-12-16(2)14-17(13-15)21(8-9-21)20(24)23-10-3-11-25-19-6-4-18(22)5-7-19/h4-7,12-14H,3,8-11H2,1-2H3,(H,23,24). The first kappa shape index (κ1) is 17.5. The Bertz CT molecular complexity index is 731. The van der Waals surface area contributed by atoms with E-state index < -0.39 is 0 Å². The molecule has 3 rings (SSSR count). The molecule has 4 heteroatoms. The van der Waals surface area contributed by atoms with E-state index in [0.29, 0.717) is 25.3 Å². The molecular weight excluding hydrogens is 317 g/mol. The van der Waals surface area contributed by atoms with Gasteiger partial charge in [-0.1, -0.05) is 29.3 Å². The van der Waals surface area contributed by atoms with Crippen LogP contribution in [0.25, 0.3) is 0 Å². The van der Waals surface area contributed by atoms with Gasteiger partial charge in [-0.3, -0.25) is 4.79 Å². The van der Waals surface area contributed by atoms with Gasteiger partial charge in [-0.2, -0.15) is 0 Å². The Morgan fingerprint density at radius 3 is 2.36 bits per heavy atom. The summed E-state index contributed by atoms with van der Waals surface area (Å²) in [6.07, 6.45) is 2.54. The minimum absolute atomic E-state index is 0.110. The highest BCUT2D eigenvalue weighted by atomic mass is 19.1. The molecule has 0 aliphatic heterocycles. The van der Waals surface area contributed by atoms with E-state index in [2.05, 4.69) is 37.4 Å². The van der Waals surface area contributed by atoms with Gasteiger partial charge < -0.3 is 10.1 Å². The zero-order valence-corrected chi connectivity index (χ0v) is 14.8. The van der Waals surface area contributed by atoms with Crippen LogP contribution >= 0.6 is 0 Å². The van der Waals surface area contributed by atoms with Gasteiger partial charge in [-0.25, -0.2) is 4.39 Å². The molecule has 0 saturated heterocycles. The lowest BCUT2D eigenvalue weighted by Gasteiger charge is -2.17. The van der Waals surface area contributed by atoms with Gasteiger partial charge in [0.2, 0.25) is 5.91 Å². The third-order valence-electron chi connectivity index (χ3n) is 4.65. The number of rotatable bonds is 7. The first-order valence-corrected chi connectivity index (χ1v) is 8.75. The SMILES string of the molecule is Cc1cc(C)cc(C2(C(=O)NCCCOc3ccc(F)cc3)CC2)c1. The molecule has 1 amide bonds. The van der Waals surface area contributed by atoms with Gasteiger partial charge in [-0.15, -0.1) is 0 Å². The number of hydrogen-bond donors (Lipinski definition) is 1. The Hall–Kier alpha value is -2.36. The third-order valence-corrected chi connectivity index (χ3v) is 4.65. The van der Waals surface area contributed by atoms with Gasteiger partial charge in [0, 0.05) is 6.54 Å². The smallest absolute Gasteiger partial charge is 0.230 e. The summed E-state index contributed by atoms with van der Waals surface area (Å²) in [6, 6.07) is 12.3. The molecule has 0 heterocycles. The van der Waals surface area contributed by atoms with Crippen molar-refractivity contribution in [2.45, 2.75) is 38.5 Å². The van der Waals surface area contributed by atoms with Crippen LogP contribution in [0.2, 0.25) is 0 Å². The minimum atomic E-state index is -0.339. The molecular formula is C21H24FNO2. The number of benzene rings is 2. The number of nitrogens with one attached hydrogen (secondary N) is 1. The van der Waals surface area contributed by atoms with E-state index in [1.54, 1.807) is 12.1 Å². The summed E-state index contributed by atoms with van der Waals surface area (Å²) < 4.78 is 18.4. The summed E-state index contributed by atoms with van der Waals surface area (Å²) in [5, 5.41) is 3.04. The molecule has 3 nitrogen and oxygen atoms in total. The van der Waals surface area contributed by atoms with Gasteiger partial charge in [0.05, 0.1) is 12.0 Å². The second-order valence-electron chi connectivity index (χ2n) is 6.87. The van der Waals surface area contributed by atoms with Crippen LogP contribution < -0.4 is 10.1 Å². The molecule has 25 heavy (non-hydrogen) atoms. The third kappa shape index (κ3) is 4.19. The highest BCUT2D eigenvalue weighted by Gasteiger charge is 2.51. The molecule has 1 aliphatic carbocycles. The predicted molar refractivity (Wildman–Crippen MR) is 96.3 cm³/mol. The van der Waals surface area contributed by atoms with E-state index >= 15 is 0 Å². The minimum Gasteiger partial charge on any atom is -0.494 e. The molecule has 1 fully saturated rings. The highest BCUT2D eigenvalue weighted by molar-refractivity contribution is 5.91. The van der Waals surface area contributed by atoms with E-state index in [-0.39, 0.29) is 17.1 Å². The summed E-state index contributed by atoms with van der Waals surface area (Å²) in [5.41, 5.74) is 3.18. The number of carbonyl (C=O) groups is 1. The molecule has 2 aromatic carbocycles. The van der Waals surface area contributed by atoms with Gasteiger partial charge in [0.15, 0.2) is 0 Å². The maximum Gasteiger partial charge on any atom is 0.230 e. The quantitative estimate of drug-likeness (QED) is 0.771. The van der Waals surface area contributed by atoms with Crippen LogP contribution in [0, 0.1) is 19.7 Å². The maximum atomic E-state index is 12.8. The predicted octanol–water partition coefficient (Wildman–Crippen LogP) is 4.06. The number of halogens is 1. The Morgan fingerprint density at radius 1 is 1.12 bits per heavy atom. The first-order chi connectivity index (χ1) is 12.0. The lowest BCUT2D eigenvalue weighted by Crippen LogP contribution is -2.35. The Morgan fingerprint density at radius 2 is 1.76 bits per heavy atom. The topological polar surface area (TPSA) is 38.3 Å². The summed E-state index contributed by atoms with van der Waals surface area (Å²) in [4.78, 5) is 12.6. The van der Waals surface area contributed by atoms with Crippen LogP contribution in [0.15, 0.2) is 42.5 Å². The van der Waals surface area contributed by atoms with Gasteiger partial charge >= 0.3 is 0 Å². The number of carbonyl (C=O) groups excluding carboxylic acids is 1. The lowest BCUT2D eigenvalue weighted by molar-refractivity contribution is -0.123. The van der Waals surface area contributed by atoms with Crippen LogP contribution in [0.3, 0.4) is 0 Å². The van der Waals surface area contributed by atoms with Crippen LogP contribution in [0.4, 0.5) is 4.39 Å². The summed E-state index contributed by atoms with van der Waals surface area (Å²) in [7, 11) is 0. The van der Waals surface area contributed by atoms with E-state index in [0.717, 1.165) is 18.4 Å². The zero-order chi connectivity index (χ0) is 17.9. The molecule has 0 spiro atoms.